The van der Waals surface area contributed by atoms with Crippen LogP contribution >= 0.6 is 0 Å². The Labute approximate surface area is 162 Å². The van der Waals surface area contributed by atoms with Crippen molar-refractivity contribution < 1.29 is 19.1 Å². The Morgan fingerprint density at radius 2 is 1.74 bits per heavy atom. The summed E-state index contributed by atoms with van der Waals surface area (Å²) in [5, 5.41) is 0. The molecule has 4 aliphatic carbocycles. The first kappa shape index (κ1) is 19.1. The van der Waals surface area contributed by atoms with E-state index < -0.39 is 0 Å². The maximum absolute atomic E-state index is 13.5. The van der Waals surface area contributed by atoms with Crippen molar-refractivity contribution >= 4 is 17.5 Å². The smallest absolute Gasteiger partial charge is 0.302 e. The lowest BCUT2D eigenvalue weighted by Gasteiger charge is -2.59. The maximum Gasteiger partial charge on any atom is 0.302 e. The van der Waals surface area contributed by atoms with Gasteiger partial charge >= 0.3 is 5.97 Å². The molecule has 8 atom stereocenters. The Balaban J connectivity index is 1.60. The zero-order valence-electron chi connectivity index (χ0n) is 17.3. The Kier molecular flexibility index (Phi) is 4.55. The summed E-state index contributed by atoms with van der Waals surface area (Å²) in [6.45, 7) is 7.75. The summed E-state index contributed by atoms with van der Waals surface area (Å²) in [5.74, 6) is 2.11. The highest BCUT2D eigenvalue weighted by Gasteiger charge is 2.63. The molecule has 27 heavy (non-hydrogen) atoms. The Bertz CT molecular complexity index is 669. The van der Waals surface area contributed by atoms with Gasteiger partial charge in [0.05, 0.1) is 0 Å². The van der Waals surface area contributed by atoms with Crippen LogP contribution in [0.25, 0.3) is 0 Å². The molecule has 0 aliphatic heterocycles. The van der Waals surface area contributed by atoms with Crippen LogP contribution in [0.5, 0.6) is 0 Å². The quantitative estimate of drug-likeness (QED) is 0.675. The minimum absolute atomic E-state index is 0.0228. The molecule has 4 nitrogen and oxygen atoms in total. The second-order valence-electron chi connectivity index (χ2n) is 10.4. The van der Waals surface area contributed by atoms with E-state index in [-0.39, 0.29) is 40.5 Å². The van der Waals surface area contributed by atoms with Gasteiger partial charge in [0.15, 0.2) is 0 Å². The molecule has 0 N–H and O–H groups in total. The maximum atomic E-state index is 13.5. The van der Waals surface area contributed by atoms with Gasteiger partial charge in [-0.3, -0.25) is 14.4 Å². The lowest BCUT2D eigenvalue weighted by Crippen LogP contribution is -2.58. The largest absolute Gasteiger partial charge is 0.463 e. The van der Waals surface area contributed by atoms with Gasteiger partial charge in [0.1, 0.15) is 17.7 Å². The van der Waals surface area contributed by atoms with Crippen LogP contribution in [-0.4, -0.2) is 23.6 Å². The van der Waals surface area contributed by atoms with Crippen LogP contribution in [0.3, 0.4) is 0 Å². The third kappa shape index (κ3) is 2.81. The van der Waals surface area contributed by atoms with Gasteiger partial charge in [-0.15, -0.1) is 0 Å². The minimum atomic E-state index is -0.192. The second kappa shape index (κ2) is 6.42. The lowest BCUT2D eigenvalue weighted by atomic mass is 9.44. The average molecular weight is 375 g/mol. The fraction of sp³-hybridized carbons (Fsp3) is 0.870. The number of esters is 1. The number of ether oxygens (including phenoxy) is 1. The van der Waals surface area contributed by atoms with E-state index in [1.807, 2.05) is 0 Å². The van der Waals surface area contributed by atoms with E-state index in [2.05, 4.69) is 13.8 Å². The van der Waals surface area contributed by atoms with Crippen LogP contribution < -0.4 is 0 Å². The minimum Gasteiger partial charge on any atom is -0.463 e. The van der Waals surface area contributed by atoms with Crippen molar-refractivity contribution in [2.45, 2.75) is 85.2 Å². The molecular weight excluding hydrogens is 340 g/mol. The Morgan fingerprint density at radius 1 is 1.00 bits per heavy atom. The van der Waals surface area contributed by atoms with Gasteiger partial charge in [0, 0.05) is 25.2 Å². The van der Waals surface area contributed by atoms with Crippen LogP contribution in [0.2, 0.25) is 0 Å². The van der Waals surface area contributed by atoms with Gasteiger partial charge in [0.2, 0.25) is 0 Å². The van der Waals surface area contributed by atoms with Crippen molar-refractivity contribution in [1.29, 1.82) is 0 Å². The van der Waals surface area contributed by atoms with Gasteiger partial charge in [0.25, 0.3) is 0 Å². The predicted octanol–water partition coefficient (Wildman–Crippen LogP) is 4.35. The molecule has 4 fully saturated rings. The van der Waals surface area contributed by atoms with Crippen molar-refractivity contribution in [2.75, 3.05) is 0 Å². The first-order chi connectivity index (χ1) is 12.7. The molecule has 0 spiro atoms. The topological polar surface area (TPSA) is 60.4 Å². The predicted molar refractivity (Wildman–Crippen MR) is 102 cm³/mol. The fourth-order valence-electron chi connectivity index (χ4n) is 8.04. The number of ketones is 2. The molecule has 150 valence electrons. The van der Waals surface area contributed by atoms with Crippen LogP contribution in [-0.2, 0) is 19.1 Å². The third-order valence-corrected chi connectivity index (χ3v) is 9.12. The van der Waals surface area contributed by atoms with Crippen molar-refractivity contribution in [3.63, 3.8) is 0 Å². The molecule has 0 aromatic heterocycles. The highest BCUT2D eigenvalue weighted by atomic mass is 16.5. The standard InChI is InChI=1S/C23H34O4/c1-13(24)18-7-8-19-17-6-5-15-11-16(27-14(2)25)9-10-22(15,3)21(17)20(26)12-23(18,19)4/h15-19,21H,5-12H2,1-4H3/t15?,16-,17+,18-,19?,21?,22+,23-/m1/s1. The summed E-state index contributed by atoms with van der Waals surface area (Å²) >= 11 is 0. The first-order valence-electron chi connectivity index (χ1n) is 10.9. The summed E-state index contributed by atoms with van der Waals surface area (Å²) in [4.78, 5) is 37.1. The van der Waals surface area contributed by atoms with Gasteiger partial charge in [-0.1, -0.05) is 13.8 Å². The lowest BCUT2D eigenvalue weighted by molar-refractivity contribution is -0.169. The van der Waals surface area contributed by atoms with E-state index in [1.165, 1.54) is 6.92 Å². The van der Waals surface area contributed by atoms with Crippen LogP contribution in [0.15, 0.2) is 0 Å². The third-order valence-electron chi connectivity index (χ3n) is 9.12. The fourth-order valence-corrected chi connectivity index (χ4v) is 8.04. The molecule has 4 heteroatoms. The van der Waals surface area contributed by atoms with E-state index in [1.54, 1.807) is 6.92 Å². The summed E-state index contributed by atoms with van der Waals surface area (Å²) in [6, 6.07) is 0. The molecule has 0 radical (unpaired) electrons. The number of carbonyl (C=O) groups is 3. The highest BCUT2D eigenvalue weighted by Crippen LogP contribution is 2.66. The number of hydrogen-bond acceptors (Lipinski definition) is 4. The molecule has 0 aromatic rings. The monoisotopic (exact) mass is 374 g/mol. The van der Waals surface area contributed by atoms with E-state index in [9.17, 15) is 14.4 Å². The zero-order valence-corrected chi connectivity index (χ0v) is 17.3. The molecule has 0 saturated heterocycles. The van der Waals surface area contributed by atoms with Crippen molar-refractivity contribution in [2.24, 2.45) is 40.4 Å². The molecule has 0 amide bonds. The summed E-state index contributed by atoms with van der Waals surface area (Å²) < 4.78 is 5.51. The number of fused-ring (bicyclic) bond motifs is 5. The molecule has 0 bridgehead atoms. The highest BCUT2D eigenvalue weighted by molar-refractivity contribution is 5.87. The zero-order chi connectivity index (χ0) is 19.6. The molecule has 4 saturated carbocycles. The average Bonchev–Trinajstić information content (AvgIpc) is 2.91. The number of carbonyl (C=O) groups excluding carboxylic acids is 3. The molecular formula is C23H34O4. The van der Waals surface area contributed by atoms with Crippen molar-refractivity contribution in [3.8, 4) is 0 Å². The Morgan fingerprint density at radius 3 is 2.41 bits per heavy atom. The number of rotatable bonds is 2. The molecule has 3 unspecified atom stereocenters. The van der Waals surface area contributed by atoms with Crippen molar-refractivity contribution in [3.05, 3.63) is 0 Å². The van der Waals surface area contributed by atoms with Crippen molar-refractivity contribution in [1.82, 2.24) is 0 Å². The van der Waals surface area contributed by atoms with E-state index in [0.717, 1.165) is 44.9 Å². The van der Waals surface area contributed by atoms with Crippen LogP contribution in [0.4, 0.5) is 0 Å². The van der Waals surface area contributed by atoms with Crippen LogP contribution in [0.1, 0.15) is 79.1 Å². The van der Waals surface area contributed by atoms with E-state index in [4.69, 9.17) is 4.74 Å². The number of hydrogen-bond donors (Lipinski definition) is 0. The Hall–Kier alpha value is -1.19. The van der Waals surface area contributed by atoms with Gasteiger partial charge < -0.3 is 4.74 Å². The van der Waals surface area contributed by atoms with Gasteiger partial charge in [-0.25, -0.2) is 0 Å². The summed E-state index contributed by atoms with van der Waals surface area (Å²) in [5.41, 5.74) is -0.0888. The second-order valence-corrected chi connectivity index (χ2v) is 10.4. The molecule has 0 heterocycles. The van der Waals surface area contributed by atoms with Crippen LogP contribution in [0, 0.1) is 40.4 Å². The normalized spacial score (nSPS) is 49.0. The van der Waals surface area contributed by atoms with Gasteiger partial charge in [-0.05, 0) is 80.5 Å². The molecule has 4 aliphatic rings. The van der Waals surface area contributed by atoms with E-state index >= 15 is 0 Å². The van der Waals surface area contributed by atoms with E-state index in [0.29, 0.717) is 30.0 Å². The SMILES string of the molecule is CC(=O)O[C@@H]1CC[C@@]2(C)C(CC[C@@H]3C2C(=O)C[C@@]2(C)C3CC[C@@H]2C(C)=O)C1. The summed E-state index contributed by atoms with van der Waals surface area (Å²) in [7, 11) is 0. The summed E-state index contributed by atoms with van der Waals surface area (Å²) in [6.07, 6.45) is 7.64. The van der Waals surface area contributed by atoms with Gasteiger partial charge in [-0.2, -0.15) is 0 Å². The number of Topliss-reactive ketones (excluding diaryl/α,β-unsaturated/α-hetero) is 2. The molecule has 4 rings (SSSR count). The first-order valence-corrected chi connectivity index (χ1v) is 10.9. The molecule has 0 aromatic carbocycles.